The second-order valence-electron chi connectivity index (χ2n) is 2.45. The summed E-state index contributed by atoms with van der Waals surface area (Å²) in [5, 5.41) is 11.6. The largest absolute Gasteiger partial charge is 0.479 e. The van der Waals surface area contributed by atoms with Crippen LogP contribution in [0, 0.1) is 5.82 Å². The highest BCUT2D eigenvalue weighted by atomic mass is 19.1. The standard InChI is InChI=1S/C9H8FNO3/c10-8-3-1-7(2-4-8)5-11-14-6-9(12)13/h1-5H,6H2,(H,12,13)/b11-5+. The number of hydrogen-bond acceptors (Lipinski definition) is 3. The molecule has 4 nitrogen and oxygen atoms in total. The summed E-state index contributed by atoms with van der Waals surface area (Å²) in [5.74, 6) is -1.44. The van der Waals surface area contributed by atoms with E-state index in [1.165, 1.54) is 30.5 Å². The smallest absolute Gasteiger partial charge is 0.344 e. The zero-order valence-electron chi connectivity index (χ0n) is 7.18. The number of halogens is 1. The molecule has 0 aliphatic heterocycles. The molecule has 0 aromatic heterocycles. The molecule has 74 valence electrons. The maximum Gasteiger partial charge on any atom is 0.344 e. The van der Waals surface area contributed by atoms with Gasteiger partial charge in [-0.05, 0) is 17.7 Å². The lowest BCUT2D eigenvalue weighted by Crippen LogP contribution is -2.03. The van der Waals surface area contributed by atoms with Gasteiger partial charge < -0.3 is 9.94 Å². The van der Waals surface area contributed by atoms with Gasteiger partial charge in [-0.2, -0.15) is 0 Å². The lowest BCUT2D eigenvalue weighted by molar-refractivity contribution is -0.142. The molecule has 0 spiro atoms. The molecule has 0 saturated heterocycles. The Kier molecular flexibility index (Phi) is 3.60. The van der Waals surface area contributed by atoms with E-state index >= 15 is 0 Å². The topological polar surface area (TPSA) is 58.9 Å². The van der Waals surface area contributed by atoms with Crippen LogP contribution in [0.5, 0.6) is 0 Å². The van der Waals surface area contributed by atoms with Gasteiger partial charge in [0, 0.05) is 0 Å². The van der Waals surface area contributed by atoms with Crippen LogP contribution in [-0.2, 0) is 9.63 Å². The Labute approximate surface area is 79.6 Å². The van der Waals surface area contributed by atoms with Gasteiger partial charge in [-0.15, -0.1) is 0 Å². The normalized spacial score (nSPS) is 10.4. The lowest BCUT2D eigenvalue weighted by atomic mass is 10.2. The van der Waals surface area contributed by atoms with E-state index in [4.69, 9.17) is 5.11 Å². The van der Waals surface area contributed by atoms with Gasteiger partial charge in [0.1, 0.15) is 5.82 Å². The number of benzene rings is 1. The van der Waals surface area contributed by atoms with Gasteiger partial charge in [-0.3, -0.25) is 0 Å². The number of hydrogen-bond donors (Lipinski definition) is 1. The predicted octanol–water partition coefficient (Wildman–Crippen LogP) is 1.26. The van der Waals surface area contributed by atoms with Crippen molar-refractivity contribution in [2.45, 2.75) is 0 Å². The molecule has 0 radical (unpaired) electrons. The van der Waals surface area contributed by atoms with Crippen molar-refractivity contribution in [2.75, 3.05) is 6.61 Å². The average molecular weight is 197 g/mol. The molecule has 14 heavy (non-hydrogen) atoms. The Bertz CT molecular complexity index is 334. The van der Waals surface area contributed by atoms with Crippen LogP contribution in [0.1, 0.15) is 5.56 Å². The van der Waals surface area contributed by atoms with Crippen molar-refractivity contribution in [1.29, 1.82) is 0 Å². The third kappa shape index (κ3) is 3.66. The number of oxime groups is 1. The number of rotatable bonds is 4. The second-order valence-corrected chi connectivity index (χ2v) is 2.45. The van der Waals surface area contributed by atoms with Crippen LogP contribution in [0.25, 0.3) is 0 Å². The molecule has 0 heterocycles. The van der Waals surface area contributed by atoms with Gasteiger partial charge in [-0.25, -0.2) is 9.18 Å². The first-order valence-corrected chi connectivity index (χ1v) is 3.81. The molecular formula is C9H8FNO3. The van der Waals surface area contributed by atoms with E-state index in [1.807, 2.05) is 0 Å². The summed E-state index contributed by atoms with van der Waals surface area (Å²) in [7, 11) is 0. The molecule has 1 rings (SSSR count). The first kappa shape index (κ1) is 10.2. The van der Waals surface area contributed by atoms with E-state index in [-0.39, 0.29) is 5.82 Å². The van der Waals surface area contributed by atoms with E-state index in [1.54, 1.807) is 0 Å². The van der Waals surface area contributed by atoms with Crippen LogP contribution >= 0.6 is 0 Å². The van der Waals surface area contributed by atoms with Crippen molar-refractivity contribution >= 4 is 12.2 Å². The molecule has 0 amide bonds. The Morgan fingerprint density at radius 2 is 2.14 bits per heavy atom. The third-order valence-corrected chi connectivity index (χ3v) is 1.33. The quantitative estimate of drug-likeness (QED) is 0.584. The van der Waals surface area contributed by atoms with Crippen LogP contribution in [0.4, 0.5) is 4.39 Å². The van der Waals surface area contributed by atoms with Gasteiger partial charge in [-0.1, -0.05) is 17.3 Å². The van der Waals surface area contributed by atoms with Gasteiger partial charge in [0.2, 0.25) is 6.61 Å². The maximum absolute atomic E-state index is 12.4. The van der Waals surface area contributed by atoms with E-state index < -0.39 is 12.6 Å². The predicted molar refractivity (Wildman–Crippen MR) is 47.6 cm³/mol. The molecule has 0 aliphatic rings. The summed E-state index contributed by atoms with van der Waals surface area (Å²) >= 11 is 0. The Hall–Kier alpha value is -1.91. The number of aliphatic carboxylic acids is 1. The van der Waals surface area contributed by atoms with Gasteiger partial charge in [0.15, 0.2) is 0 Å². The summed E-state index contributed by atoms with van der Waals surface area (Å²) < 4.78 is 12.4. The van der Waals surface area contributed by atoms with Crippen LogP contribution in [0.2, 0.25) is 0 Å². The fraction of sp³-hybridized carbons (Fsp3) is 0.111. The maximum atomic E-state index is 12.4. The monoisotopic (exact) mass is 197 g/mol. The van der Waals surface area contributed by atoms with Crippen molar-refractivity contribution in [3.05, 3.63) is 35.6 Å². The van der Waals surface area contributed by atoms with Crippen molar-refractivity contribution < 1.29 is 19.1 Å². The molecule has 5 heteroatoms. The average Bonchev–Trinajstić information content (AvgIpc) is 2.15. The zero-order chi connectivity index (χ0) is 10.4. The molecule has 0 fully saturated rings. The highest BCUT2D eigenvalue weighted by molar-refractivity contribution is 5.79. The molecule has 0 bridgehead atoms. The molecule has 1 aromatic carbocycles. The zero-order valence-corrected chi connectivity index (χ0v) is 7.18. The van der Waals surface area contributed by atoms with Gasteiger partial charge >= 0.3 is 5.97 Å². The molecule has 0 unspecified atom stereocenters. The van der Waals surface area contributed by atoms with Crippen LogP contribution < -0.4 is 0 Å². The first-order chi connectivity index (χ1) is 6.68. The van der Waals surface area contributed by atoms with Crippen molar-refractivity contribution in [1.82, 2.24) is 0 Å². The lowest BCUT2D eigenvalue weighted by Gasteiger charge is -1.93. The molecular weight excluding hydrogens is 189 g/mol. The van der Waals surface area contributed by atoms with Crippen LogP contribution in [-0.4, -0.2) is 23.9 Å². The number of carboxylic acid groups (broad SMARTS) is 1. The van der Waals surface area contributed by atoms with Gasteiger partial charge in [0.05, 0.1) is 6.21 Å². The minimum atomic E-state index is -1.10. The third-order valence-electron chi connectivity index (χ3n) is 1.33. The fourth-order valence-electron chi connectivity index (χ4n) is 0.739. The minimum Gasteiger partial charge on any atom is -0.479 e. The fourth-order valence-corrected chi connectivity index (χ4v) is 0.739. The summed E-state index contributed by atoms with van der Waals surface area (Å²) in [6.07, 6.45) is 1.31. The van der Waals surface area contributed by atoms with E-state index in [0.29, 0.717) is 5.56 Å². The van der Waals surface area contributed by atoms with E-state index in [2.05, 4.69) is 9.99 Å². The van der Waals surface area contributed by atoms with E-state index in [0.717, 1.165) is 0 Å². The second kappa shape index (κ2) is 4.96. The summed E-state index contributed by atoms with van der Waals surface area (Å²) in [6, 6.07) is 5.56. The molecule has 0 saturated carbocycles. The molecule has 0 aliphatic carbocycles. The highest BCUT2D eigenvalue weighted by Gasteiger charge is 1.93. The van der Waals surface area contributed by atoms with Gasteiger partial charge in [0.25, 0.3) is 0 Å². The van der Waals surface area contributed by atoms with Crippen LogP contribution in [0.3, 0.4) is 0 Å². The van der Waals surface area contributed by atoms with E-state index in [9.17, 15) is 9.18 Å². The van der Waals surface area contributed by atoms with Crippen molar-refractivity contribution in [2.24, 2.45) is 5.16 Å². The number of carbonyl (C=O) groups is 1. The van der Waals surface area contributed by atoms with Crippen LogP contribution in [0.15, 0.2) is 29.4 Å². The number of nitrogens with zero attached hydrogens (tertiary/aromatic N) is 1. The Morgan fingerprint density at radius 3 is 2.71 bits per heavy atom. The highest BCUT2D eigenvalue weighted by Crippen LogP contribution is 1.99. The number of carboxylic acids is 1. The molecule has 0 atom stereocenters. The Morgan fingerprint density at radius 1 is 1.50 bits per heavy atom. The Balaban J connectivity index is 2.44. The minimum absolute atomic E-state index is 0.339. The summed E-state index contributed by atoms with van der Waals surface area (Å²) in [4.78, 5) is 14.4. The van der Waals surface area contributed by atoms with Crippen molar-refractivity contribution in [3.8, 4) is 0 Å². The summed E-state index contributed by atoms with van der Waals surface area (Å²) in [5.41, 5.74) is 0.636. The summed E-state index contributed by atoms with van der Waals surface area (Å²) in [6.45, 7) is -0.488. The molecule has 1 N–H and O–H groups in total. The van der Waals surface area contributed by atoms with Crippen molar-refractivity contribution in [3.63, 3.8) is 0 Å². The molecule has 1 aromatic rings. The first-order valence-electron chi connectivity index (χ1n) is 3.81. The SMILES string of the molecule is O=C(O)CO/N=C/c1ccc(F)cc1.